The highest BCUT2D eigenvalue weighted by Gasteiger charge is 2.43. The summed E-state index contributed by atoms with van der Waals surface area (Å²) < 4.78 is 6.95. The Balaban J connectivity index is 0.962. The normalized spacial score (nSPS) is 26.6. The summed E-state index contributed by atoms with van der Waals surface area (Å²) in [6.45, 7) is 0. The lowest BCUT2D eigenvalue weighted by Crippen LogP contribution is -2.34. The van der Waals surface area contributed by atoms with E-state index in [9.17, 15) is 0 Å². The Morgan fingerprint density at radius 2 is 1.54 bits per heavy atom. The second-order valence-corrected chi connectivity index (χ2v) is 15.9. The van der Waals surface area contributed by atoms with Crippen molar-refractivity contribution in [2.24, 2.45) is 0 Å². The number of rotatable bonds is 6. The van der Waals surface area contributed by atoms with E-state index in [1.54, 1.807) is 0 Å². The van der Waals surface area contributed by atoms with Crippen LogP contribution in [0, 0.1) is 0 Å². The predicted octanol–water partition coefficient (Wildman–Crippen LogP) is 11.6. The Labute approximate surface area is 329 Å². The second kappa shape index (κ2) is 13.9. The fraction of sp³-hybridized carbons (Fsp3) is 0.235. The molecule has 8 aliphatic rings. The molecule has 2 aromatic carbocycles. The lowest BCUT2D eigenvalue weighted by Gasteiger charge is -2.34. The first kappa shape index (κ1) is 33.3. The number of nitrogens with zero attached hydrogens (tertiary/aromatic N) is 4. The molecule has 11 rings (SSSR count). The van der Waals surface area contributed by atoms with Crippen LogP contribution in [0.3, 0.4) is 0 Å². The van der Waals surface area contributed by atoms with Gasteiger partial charge in [-0.05, 0) is 72.6 Å². The van der Waals surface area contributed by atoms with Crippen LogP contribution in [0.5, 0.6) is 0 Å². The lowest BCUT2D eigenvalue weighted by molar-refractivity contribution is 0.157. The molecule has 5 heteroatoms. The second-order valence-electron chi connectivity index (χ2n) is 15.9. The van der Waals surface area contributed by atoms with Gasteiger partial charge >= 0.3 is 0 Å². The molecule has 274 valence electrons. The summed E-state index contributed by atoms with van der Waals surface area (Å²) in [6.07, 6.45) is 47.2. The average Bonchev–Trinajstić information content (AvgIpc) is 3.82. The highest BCUT2D eigenvalue weighted by Crippen LogP contribution is 2.51. The maximum absolute atomic E-state index is 6.95. The topological polar surface area (TPSA) is 51.1 Å². The minimum Gasteiger partial charge on any atom is -0.489 e. The van der Waals surface area contributed by atoms with Crippen molar-refractivity contribution in [3.05, 3.63) is 203 Å². The summed E-state index contributed by atoms with van der Waals surface area (Å²) in [5, 5.41) is 0. The van der Waals surface area contributed by atoms with Crippen LogP contribution in [0.4, 0.5) is 5.69 Å². The van der Waals surface area contributed by atoms with E-state index in [1.165, 1.54) is 44.8 Å². The smallest absolute Gasteiger partial charge is 0.164 e. The van der Waals surface area contributed by atoms with Gasteiger partial charge in [0.15, 0.2) is 11.6 Å². The van der Waals surface area contributed by atoms with Crippen LogP contribution in [-0.2, 0) is 4.74 Å². The monoisotopic (exact) mass is 728 g/mol. The third kappa shape index (κ3) is 5.80. The average molecular weight is 729 g/mol. The number of hydrogen-bond donors (Lipinski definition) is 0. The quantitative estimate of drug-likeness (QED) is 0.253. The van der Waals surface area contributed by atoms with Crippen LogP contribution >= 0.6 is 0 Å². The number of hydrogen-bond acceptors (Lipinski definition) is 5. The van der Waals surface area contributed by atoms with E-state index in [1.807, 2.05) is 0 Å². The third-order valence-electron chi connectivity index (χ3n) is 12.5. The summed E-state index contributed by atoms with van der Waals surface area (Å²) >= 11 is 0. The summed E-state index contributed by atoms with van der Waals surface area (Å²) in [5.41, 5.74) is 12.3. The zero-order valence-corrected chi connectivity index (χ0v) is 31.5. The van der Waals surface area contributed by atoms with Crippen molar-refractivity contribution in [1.82, 2.24) is 15.0 Å². The van der Waals surface area contributed by atoms with E-state index in [0.29, 0.717) is 11.8 Å². The molecule has 1 aromatic heterocycles. The molecular weight excluding hydrogens is 685 g/mol. The van der Waals surface area contributed by atoms with Gasteiger partial charge in [-0.3, -0.25) is 0 Å². The SMILES string of the molecule is C1=CCC(c2ccc3c(c2)N(C2=CC=C4C5=C(CCC=C5c5nc(-c6cccc(C7=CCCC=C7)c6)nc(C6C=CC=CC6)n5)OC4C2)C2C=CC=CC32)C=C1. The molecule has 5 nitrogen and oxygen atoms in total. The van der Waals surface area contributed by atoms with Gasteiger partial charge in [-0.15, -0.1) is 0 Å². The summed E-state index contributed by atoms with van der Waals surface area (Å²) in [5.74, 6) is 4.17. The van der Waals surface area contributed by atoms with Crippen LogP contribution in [0.2, 0.25) is 0 Å². The molecule has 0 fully saturated rings. The fourth-order valence-corrected chi connectivity index (χ4v) is 9.71. The van der Waals surface area contributed by atoms with Crippen LogP contribution in [0.1, 0.15) is 91.0 Å². The summed E-state index contributed by atoms with van der Waals surface area (Å²) in [4.78, 5) is 18.3. The first-order valence-electron chi connectivity index (χ1n) is 20.5. The Bertz CT molecular complexity index is 2530. The number of anilines is 1. The predicted molar refractivity (Wildman–Crippen MR) is 227 cm³/mol. The van der Waals surface area contributed by atoms with Crippen molar-refractivity contribution >= 4 is 16.8 Å². The van der Waals surface area contributed by atoms with Crippen LogP contribution < -0.4 is 4.90 Å². The number of aromatic nitrogens is 3. The summed E-state index contributed by atoms with van der Waals surface area (Å²) in [7, 11) is 0. The van der Waals surface area contributed by atoms with E-state index in [2.05, 4.69) is 157 Å². The van der Waals surface area contributed by atoms with E-state index < -0.39 is 0 Å². The van der Waals surface area contributed by atoms with E-state index >= 15 is 0 Å². The minimum atomic E-state index is -0.0533. The van der Waals surface area contributed by atoms with Gasteiger partial charge < -0.3 is 9.64 Å². The molecule has 0 amide bonds. The van der Waals surface area contributed by atoms with Crippen LogP contribution in [0.15, 0.2) is 174 Å². The third-order valence-corrected chi connectivity index (χ3v) is 12.5. The van der Waals surface area contributed by atoms with E-state index in [4.69, 9.17) is 19.7 Å². The van der Waals surface area contributed by atoms with Gasteiger partial charge in [0.05, 0.1) is 6.04 Å². The molecule has 0 bridgehead atoms. The first-order chi connectivity index (χ1) is 27.7. The van der Waals surface area contributed by atoms with Crippen LogP contribution in [-0.4, -0.2) is 27.1 Å². The highest BCUT2D eigenvalue weighted by molar-refractivity contribution is 5.85. The molecule has 3 heterocycles. The van der Waals surface area contributed by atoms with Crippen molar-refractivity contribution in [3.8, 4) is 11.4 Å². The van der Waals surface area contributed by atoms with E-state index in [-0.39, 0.29) is 18.1 Å². The molecule has 0 saturated carbocycles. The van der Waals surface area contributed by atoms with Crippen molar-refractivity contribution in [2.75, 3.05) is 4.90 Å². The van der Waals surface area contributed by atoms with E-state index in [0.717, 1.165) is 79.3 Å². The number of benzene rings is 2. The molecular formula is C51H44N4O. The zero-order valence-electron chi connectivity index (χ0n) is 31.5. The van der Waals surface area contributed by atoms with Gasteiger partial charge in [0, 0.05) is 64.3 Å². The Morgan fingerprint density at radius 3 is 2.39 bits per heavy atom. The number of allylic oxidation sites excluding steroid dienone is 19. The van der Waals surface area contributed by atoms with Crippen molar-refractivity contribution in [1.29, 1.82) is 0 Å². The van der Waals surface area contributed by atoms with Gasteiger partial charge in [-0.2, -0.15) is 0 Å². The molecule has 0 spiro atoms. The highest BCUT2D eigenvalue weighted by atomic mass is 16.5. The minimum absolute atomic E-state index is 0.0533. The fourth-order valence-electron chi connectivity index (χ4n) is 9.71. The molecule has 0 N–H and O–H groups in total. The first-order valence-corrected chi connectivity index (χ1v) is 20.5. The molecule has 56 heavy (non-hydrogen) atoms. The molecule has 2 aliphatic heterocycles. The molecule has 0 saturated heterocycles. The lowest BCUT2D eigenvalue weighted by atomic mass is 9.86. The summed E-state index contributed by atoms with van der Waals surface area (Å²) in [6, 6.07) is 16.1. The standard InChI is InChI=1S/C51H44N4O/c1-4-14-33(15-5-1)36-20-12-21-38(30-36)50-52-49(35-18-8-3-9-19-35)53-51(54-50)43-23-13-25-46-48(43)42-29-27-39(32-47(42)56-46)55-44-24-11-10-22-40(44)41-28-26-37(31-45(41)55)34-16-6-2-7-17-34/h2-4,6-12,14-16,18,20-24,26-31,34-35,40,44,47H,1,5,13,17,19,25,32H2. The molecule has 0 radical (unpaired) electrons. The van der Waals surface area contributed by atoms with Gasteiger partial charge in [0.25, 0.3) is 0 Å². The largest absolute Gasteiger partial charge is 0.489 e. The Morgan fingerprint density at radius 1 is 0.696 bits per heavy atom. The van der Waals surface area contributed by atoms with Crippen LogP contribution in [0.25, 0.3) is 22.5 Å². The maximum Gasteiger partial charge on any atom is 0.164 e. The van der Waals surface area contributed by atoms with Gasteiger partial charge in [-0.25, -0.2) is 15.0 Å². The number of ether oxygens (including phenoxy) is 1. The van der Waals surface area contributed by atoms with Crippen molar-refractivity contribution < 1.29 is 4.74 Å². The Hall–Kier alpha value is -6.07. The Kier molecular flexibility index (Phi) is 8.26. The zero-order chi connectivity index (χ0) is 37.0. The molecule has 6 aliphatic carbocycles. The van der Waals surface area contributed by atoms with Gasteiger partial charge in [-0.1, -0.05) is 134 Å². The van der Waals surface area contributed by atoms with Crippen molar-refractivity contribution in [3.63, 3.8) is 0 Å². The molecule has 3 aromatic rings. The molecule has 5 atom stereocenters. The number of fused-ring (bicyclic) bond motifs is 5. The van der Waals surface area contributed by atoms with Gasteiger partial charge in [0.2, 0.25) is 0 Å². The molecule has 5 unspecified atom stereocenters. The maximum atomic E-state index is 6.95. The van der Waals surface area contributed by atoms with Gasteiger partial charge in [0.1, 0.15) is 17.7 Å². The van der Waals surface area contributed by atoms with Crippen molar-refractivity contribution in [2.45, 2.75) is 74.8 Å².